The third-order valence-corrected chi connectivity index (χ3v) is 3.96. The molecule has 4 heteroatoms. The van der Waals surface area contributed by atoms with Gasteiger partial charge in [-0.25, -0.2) is 0 Å². The maximum Gasteiger partial charge on any atom is 0.0752 e. The SMILES string of the molecule is Cn1cc(N2C[C@H]3CC[C@@H](C2)[C@@H]3N)cn1. The summed E-state index contributed by atoms with van der Waals surface area (Å²) in [5.74, 6) is 1.40. The van der Waals surface area contributed by atoms with Crippen LogP contribution in [0.3, 0.4) is 0 Å². The van der Waals surface area contributed by atoms with Gasteiger partial charge in [-0.15, -0.1) is 0 Å². The van der Waals surface area contributed by atoms with Crippen molar-refractivity contribution in [2.75, 3.05) is 18.0 Å². The average Bonchev–Trinajstić information content (AvgIpc) is 2.70. The second kappa shape index (κ2) is 3.23. The van der Waals surface area contributed by atoms with Crippen LogP contribution in [0, 0.1) is 11.8 Å². The zero-order chi connectivity index (χ0) is 10.4. The van der Waals surface area contributed by atoms with Crippen LogP contribution in [-0.4, -0.2) is 28.9 Å². The van der Waals surface area contributed by atoms with E-state index in [0.717, 1.165) is 13.1 Å². The Morgan fingerprint density at radius 3 is 2.53 bits per heavy atom. The Labute approximate surface area is 90.0 Å². The van der Waals surface area contributed by atoms with Crippen LogP contribution in [0.4, 0.5) is 5.69 Å². The lowest BCUT2D eigenvalue weighted by Crippen LogP contribution is -2.48. The molecule has 0 radical (unpaired) electrons. The fourth-order valence-electron chi connectivity index (χ4n) is 3.05. The van der Waals surface area contributed by atoms with Gasteiger partial charge in [0, 0.05) is 32.4 Å². The largest absolute Gasteiger partial charge is 0.368 e. The zero-order valence-electron chi connectivity index (χ0n) is 9.13. The molecular formula is C11H18N4. The molecule has 0 amide bonds. The van der Waals surface area contributed by atoms with Gasteiger partial charge in [0.2, 0.25) is 0 Å². The first-order valence-electron chi connectivity index (χ1n) is 5.73. The van der Waals surface area contributed by atoms with E-state index in [0.29, 0.717) is 17.9 Å². The number of nitrogens with two attached hydrogens (primary N) is 1. The Morgan fingerprint density at radius 1 is 1.33 bits per heavy atom. The van der Waals surface area contributed by atoms with E-state index < -0.39 is 0 Å². The first-order chi connectivity index (χ1) is 7.24. The normalized spacial score (nSPS) is 34.8. The molecule has 0 unspecified atom stereocenters. The topological polar surface area (TPSA) is 47.1 Å². The fraction of sp³-hybridized carbons (Fsp3) is 0.727. The van der Waals surface area contributed by atoms with Crippen molar-refractivity contribution < 1.29 is 0 Å². The summed E-state index contributed by atoms with van der Waals surface area (Å²) < 4.78 is 1.87. The smallest absolute Gasteiger partial charge is 0.0752 e. The minimum Gasteiger partial charge on any atom is -0.368 e. The number of rotatable bonds is 1. The van der Waals surface area contributed by atoms with Gasteiger partial charge in [0.25, 0.3) is 0 Å². The first kappa shape index (κ1) is 9.21. The summed E-state index contributed by atoms with van der Waals surface area (Å²) in [5, 5.41) is 4.23. The van der Waals surface area contributed by atoms with Gasteiger partial charge >= 0.3 is 0 Å². The fourth-order valence-corrected chi connectivity index (χ4v) is 3.05. The molecule has 2 N–H and O–H groups in total. The number of anilines is 1. The third-order valence-electron chi connectivity index (χ3n) is 3.96. The van der Waals surface area contributed by atoms with E-state index in [1.54, 1.807) is 0 Å². The van der Waals surface area contributed by atoms with Crippen LogP contribution >= 0.6 is 0 Å². The molecule has 82 valence electrons. The summed E-state index contributed by atoms with van der Waals surface area (Å²) in [6.45, 7) is 2.23. The molecule has 1 saturated carbocycles. The van der Waals surface area contributed by atoms with Gasteiger partial charge in [0.15, 0.2) is 0 Å². The molecule has 4 nitrogen and oxygen atoms in total. The quantitative estimate of drug-likeness (QED) is 0.731. The molecule has 1 aliphatic carbocycles. The highest BCUT2D eigenvalue weighted by Crippen LogP contribution is 2.37. The highest BCUT2D eigenvalue weighted by Gasteiger charge is 2.39. The van der Waals surface area contributed by atoms with Gasteiger partial charge in [0.05, 0.1) is 11.9 Å². The molecule has 1 aromatic heterocycles. The first-order valence-corrected chi connectivity index (χ1v) is 5.73. The van der Waals surface area contributed by atoms with Crippen molar-refractivity contribution in [1.29, 1.82) is 0 Å². The van der Waals surface area contributed by atoms with Crippen molar-refractivity contribution in [1.82, 2.24) is 9.78 Å². The van der Waals surface area contributed by atoms with Gasteiger partial charge in [-0.3, -0.25) is 4.68 Å². The summed E-state index contributed by atoms with van der Waals surface area (Å²) in [6, 6.07) is 0.443. The second-order valence-corrected chi connectivity index (χ2v) is 4.95. The van der Waals surface area contributed by atoms with Crippen LogP contribution in [0.15, 0.2) is 12.4 Å². The van der Waals surface area contributed by atoms with Gasteiger partial charge in [-0.1, -0.05) is 0 Å². The van der Waals surface area contributed by atoms with E-state index in [4.69, 9.17) is 5.73 Å². The molecule has 3 rings (SSSR count). The maximum atomic E-state index is 6.18. The summed E-state index contributed by atoms with van der Waals surface area (Å²) in [5.41, 5.74) is 7.43. The van der Waals surface area contributed by atoms with Crippen molar-refractivity contribution in [3.8, 4) is 0 Å². The predicted molar refractivity (Wildman–Crippen MR) is 59.6 cm³/mol. The Kier molecular flexibility index (Phi) is 1.99. The van der Waals surface area contributed by atoms with E-state index in [9.17, 15) is 0 Å². The number of aromatic nitrogens is 2. The lowest BCUT2D eigenvalue weighted by Gasteiger charge is -2.36. The summed E-state index contributed by atoms with van der Waals surface area (Å²) in [6.07, 6.45) is 6.66. The summed E-state index contributed by atoms with van der Waals surface area (Å²) in [4.78, 5) is 2.44. The number of nitrogens with zero attached hydrogens (tertiary/aromatic N) is 3. The van der Waals surface area contributed by atoms with E-state index in [-0.39, 0.29) is 0 Å². The molecule has 1 aliphatic heterocycles. The highest BCUT2D eigenvalue weighted by molar-refractivity contribution is 5.43. The second-order valence-electron chi connectivity index (χ2n) is 4.95. The monoisotopic (exact) mass is 206 g/mol. The van der Waals surface area contributed by atoms with Gasteiger partial charge in [-0.2, -0.15) is 5.10 Å². The van der Waals surface area contributed by atoms with Crippen molar-refractivity contribution >= 4 is 5.69 Å². The molecule has 1 saturated heterocycles. The van der Waals surface area contributed by atoms with Crippen LogP contribution < -0.4 is 10.6 Å². The van der Waals surface area contributed by atoms with E-state index >= 15 is 0 Å². The Bertz CT molecular complexity index is 345. The van der Waals surface area contributed by atoms with E-state index in [2.05, 4.69) is 16.2 Å². The standard InChI is InChI=1S/C11H18N4/c1-14-7-10(4-13-14)15-5-8-2-3-9(6-15)11(8)12/h4,7-9,11H,2-3,5-6,12H2,1H3/t8-,9+,11-. The molecule has 0 aromatic carbocycles. The van der Waals surface area contributed by atoms with Crippen LogP contribution in [0.1, 0.15) is 12.8 Å². The van der Waals surface area contributed by atoms with Crippen LogP contribution in [0.2, 0.25) is 0 Å². The molecule has 2 aliphatic rings. The molecule has 2 bridgehead atoms. The number of aryl methyl sites for hydroxylation is 1. The van der Waals surface area contributed by atoms with Crippen molar-refractivity contribution in [3.63, 3.8) is 0 Å². The van der Waals surface area contributed by atoms with Gasteiger partial charge in [0.1, 0.15) is 0 Å². The van der Waals surface area contributed by atoms with E-state index in [1.165, 1.54) is 18.5 Å². The Hall–Kier alpha value is -1.03. The van der Waals surface area contributed by atoms with Gasteiger partial charge in [-0.05, 0) is 24.7 Å². The lowest BCUT2D eigenvalue weighted by atomic mass is 9.93. The molecule has 2 heterocycles. The van der Waals surface area contributed by atoms with Crippen LogP contribution in [0.5, 0.6) is 0 Å². The van der Waals surface area contributed by atoms with Crippen molar-refractivity contribution in [2.45, 2.75) is 18.9 Å². The third kappa shape index (κ3) is 1.44. The minimum atomic E-state index is 0.443. The Balaban J connectivity index is 1.80. The van der Waals surface area contributed by atoms with Gasteiger partial charge < -0.3 is 10.6 Å². The molecule has 0 spiro atoms. The lowest BCUT2D eigenvalue weighted by molar-refractivity contribution is 0.356. The Morgan fingerprint density at radius 2 is 2.00 bits per heavy atom. The number of piperidine rings is 1. The van der Waals surface area contributed by atoms with Crippen molar-refractivity contribution in [2.24, 2.45) is 24.6 Å². The predicted octanol–water partition coefficient (Wildman–Crippen LogP) is 0.594. The van der Waals surface area contributed by atoms with E-state index in [1.807, 2.05) is 17.9 Å². The molecular weight excluding hydrogens is 188 g/mol. The number of fused-ring (bicyclic) bond motifs is 2. The average molecular weight is 206 g/mol. The van der Waals surface area contributed by atoms with Crippen LogP contribution in [-0.2, 0) is 7.05 Å². The number of hydrogen-bond donors (Lipinski definition) is 1. The highest BCUT2D eigenvalue weighted by atomic mass is 15.3. The molecule has 2 fully saturated rings. The van der Waals surface area contributed by atoms with Crippen LogP contribution in [0.25, 0.3) is 0 Å². The maximum absolute atomic E-state index is 6.18. The molecule has 1 aromatic rings. The summed E-state index contributed by atoms with van der Waals surface area (Å²) >= 11 is 0. The summed E-state index contributed by atoms with van der Waals surface area (Å²) in [7, 11) is 1.97. The molecule has 3 atom stereocenters. The zero-order valence-corrected chi connectivity index (χ0v) is 9.13. The number of hydrogen-bond acceptors (Lipinski definition) is 3. The minimum absolute atomic E-state index is 0.443. The molecule has 15 heavy (non-hydrogen) atoms. The van der Waals surface area contributed by atoms with Crippen molar-refractivity contribution in [3.05, 3.63) is 12.4 Å².